The fourth-order valence-electron chi connectivity index (χ4n) is 1.38. The number of hydrogen-bond acceptors (Lipinski definition) is 7. The van der Waals surface area contributed by atoms with Crippen LogP contribution in [0.4, 0.5) is 11.9 Å². The number of hydrogen-bond donors (Lipinski definition) is 2. The third-order valence-corrected chi connectivity index (χ3v) is 3.04. The number of nitrogens with zero attached hydrogens (tertiary/aromatic N) is 3. The molecule has 7 nitrogen and oxygen atoms in total. The Morgan fingerprint density at radius 1 is 0.857 bits per heavy atom. The summed E-state index contributed by atoms with van der Waals surface area (Å²) >= 11 is 2.06. The molecule has 1 aromatic heterocycles. The van der Waals surface area contributed by atoms with Crippen molar-refractivity contribution in [3.63, 3.8) is 0 Å². The van der Waals surface area contributed by atoms with E-state index in [1.54, 1.807) is 0 Å². The molecule has 0 aliphatic rings. The fraction of sp³-hybridized carbons (Fsp3) is 0.769. The van der Waals surface area contributed by atoms with E-state index in [1.165, 1.54) is 0 Å². The van der Waals surface area contributed by atoms with Crippen LogP contribution in [-0.2, 0) is 9.47 Å². The Hall–Kier alpha value is -0.740. The molecule has 0 fully saturated rings. The molecule has 0 unspecified atom stereocenters. The van der Waals surface area contributed by atoms with Gasteiger partial charge in [0.2, 0.25) is 11.9 Å². The summed E-state index contributed by atoms with van der Waals surface area (Å²) in [6.07, 6.45) is 4.35. The molecule has 0 saturated heterocycles. The first kappa shape index (κ1) is 18.3. The Kier molecular flexibility index (Phi) is 10.3. The van der Waals surface area contributed by atoms with Gasteiger partial charge < -0.3 is 20.1 Å². The van der Waals surface area contributed by atoms with Gasteiger partial charge in [-0.3, -0.25) is 0 Å². The van der Waals surface area contributed by atoms with Crippen molar-refractivity contribution in [2.75, 3.05) is 37.3 Å². The Morgan fingerprint density at radius 3 is 1.76 bits per heavy atom. The second kappa shape index (κ2) is 11.9. The molecule has 0 aliphatic heterocycles. The van der Waals surface area contributed by atoms with Crippen LogP contribution in [0.15, 0.2) is 0 Å². The zero-order valence-corrected chi connectivity index (χ0v) is 14.9. The van der Waals surface area contributed by atoms with Gasteiger partial charge in [0.25, 0.3) is 0 Å². The van der Waals surface area contributed by atoms with Gasteiger partial charge in [-0.2, -0.15) is 15.0 Å². The molecule has 21 heavy (non-hydrogen) atoms. The van der Waals surface area contributed by atoms with Crippen molar-refractivity contribution in [2.24, 2.45) is 0 Å². The van der Waals surface area contributed by atoms with E-state index >= 15 is 0 Å². The second-order valence-corrected chi connectivity index (χ2v) is 5.38. The molecule has 8 heteroatoms. The average molecular weight is 409 g/mol. The Bertz CT molecular complexity index is 363. The number of rotatable bonds is 12. The highest BCUT2D eigenvalue weighted by atomic mass is 127. The first-order valence-electron chi connectivity index (χ1n) is 7.31. The summed E-state index contributed by atoms with van der Waals surface area (Å²) in [5.41, 5.74) is 0. The van der Waals surface area contributed by atoms with Crippen molar-refractivity contribution in [3.8, 4) is 0 Å². The van der Waals surface area contributed by atoms with Crippen LogP contribution in [0, 0.1) is 3.83 Å². The number of nitrogens with one attached hydrogen (secondary N) is 2. The minimum absolute atomic E-state index is 0.395. The predicted molar refractivity (Wildman–Crippen MR) is 91.2 cm³/mol. The summed E-state index contributed by atoms with van der Waals surface area (Å²) in [7, 11) is 0. The summed E-state index contributed by atoms with van der Waals surface area (Å²) in [5, 5.41) is 6.05. The molecule has 0 spiro atoms. The summed E-state index contributed by atoms with van der Waals surface area (Å²) < 4.78 is 11.5. The van der Waals surface area contributed by atoms with Crippen LogP contribution in [0.2, 0.25) is 0 Å². The van der Waals surface area contributed by atoms with E-state index in [9.17, 15) is 0 Å². The molecule has 1 rings (SSSR count). The molecular weight excluding hydrogens is 385 g/mol. The number of anilines is 2. The first-order valence-corrected chi connectivity index (χ1v) is 8.39. The van der Waals surface area contributed by atoms with Crippen molar-refractivity contribution in [1.82, 2.24) is 15.0 Å². The second-order valence-electron chi connectivity index (χ2n) is 4.42. The quantitative estimate of drug-likeness (QED) is 0.312. The minimum Gasteiger partial charge on any atom is -0.361 e. The molecule has 2 N–H and O–H groups in total. The van der Waals surface area contributed by atoms with Crippen LogP contribution < -0.4 is 10.6 Å². The van der Waals surface area contributed by atoms with Crippen molar-refractivity contribution >= 4 is 34.5 Å². The van der Waals surface area contributed by atoms with Crippen molar-refractivity contribution < 1.29 is 9.47 Å². The number of aromatic nitrogens is 3. The highest BCUT2D eigenvalue weighted by molar-refractivity contribution is 14.1. The summed E-state index contributed by atoms with van der Waals surface area (Å²) in [6, 6.07) is 0. The lowest BCUT2D eigenvalue weighted by atomic mass is 10.4. The Balaban J connectivity index is 2.32. The van der Waals surface area contributed by atoms with Gasteiger partial charge in [0.1, 0.15) is 13.5 Å². The van der Waals surface area contributed by atoms with Gasteiger partial charge in [0, 0.05) is 35.8 Å². The molecule has 0 bridgehead atoms. The highest BCUT2D eigenvalue weighted by Gasteiger charge is 2.03. The van der Waals surface area contributed by atoms with E-state index in [-0.39, 0.29) is 0 Å². The van der Waals surface area contributed by atoms with Crippen molar-refractivity contribution in [2.45, 2.75) is 39.5 Å². The van der Waals surface area contributed by atoms with Crippen molar-refractivity contribution in [3.05, 3.63) is 3.83 Å². The van der Waals surface area contributed by atoms with E-state index < -0.39 is 0 Å². The molecule has 0 aliphatic carbocycles. The summed E-state index contributed by atoms with van der Waals surface area (Å²) in [6.45, 7) is 6.53. The van der Waals surface area contributed by atoms with E-state index in [2.05, 4.69) is 62.0 Å². The third kappa shape index (κ3) is 8.99. The summed E-state index contributed by atoms with van der Waals surface area (Å²) in [5.74, 6) is 1.00. The normalized spacial score (nSPS) is 10.6. The maximum atomic E-state index is 5.42. The zero-order valence-electron chi connectivity index (χ0n) is 12.7. The molecule has 0 radical (unpaired) electrons. The van der Waals surface area contributed by atoms with Gasteiger partial charge in [-0.15, -0.1) is 0 Å². The molecule has 0 saturated carbocycles. The van der Waals surface area contributed by atoms with Gasteiger partial charge in [-0.25, -0.2) is 0 Å². The van der Waals surface area contributed by atoms with E-state index in [4.69, 9.17) is 9.47 Å². The predicted octanol–water partition coefficient (Wildman–Crippen LogP) is 2.85. The maximum Gasteiger partial charge on any atom is 0.230 e. The van der Waals surface area contributed by atoms with Gasteiger partial charge in [0.15, 0.2) is 3.83 Å². The number of unbranched alkanes of at least 4 members (excludes halogenated alkanes) is 2. The molecule has 1 aromatic rings. The zero-order chi connectivity index (χ0) is 15.3. The van der Waals surface area contributed by atoms with Crippen molar-refractivity contribution in [1.29, 1.82) is 0 Å². The van der Waals surface area contributed by atoms with Crippen LogP contribution in [0.3, 0.4) is 0 Å². The smallest absolute Gasteiger partial charge is 0.230 e. The van der Waals surface area contributed by atoms with Gasteiger partial charge in [-0.1, -0.05) is 26.7 Å². The molecule has 0 amide bonds. The van der Waals surface area contributed by atoms with Gasteiger partial charge >= 0.3 is 0 Å². The average Bonchev–Trinajstić information content (AvgIpc) is 2.46. The largest absolute Gasteiger partial charge is 0.361 e. The number of ether oxygens (including phenoxy) is 2. The monoisotopic (exact) mass is 409 g/mol. The summed E-state index contributed by atoms with van der Waals surface area (Å²) in [4.78, 5) is 12.7. The molecule has 0 aromatic carbocycles. The lowest BCUT2D eigenvalue weighted by Gasteiger charge is -2.09. The van der Waals surface area contributed by atoms with Gasteiger partial charge in [0.05, 0.1) is 0 Å². The molecule has 1 heterocycles. The van der Waals surface area contributed by atoms with Crippen LogP contribution in [0.1, 0.15) is 39.5 Å². The lowest BCUT2D eigenvalue weighted by molar-refractivity contribution is 0.148. The Morgan fingerprint density at radius 2 is 1.33 bits per heavy atom. The minimum atomic E-state index is 0.395. The molecule has 0 atom stereocenters. The fourth-order valence-corrected chi connectivity index (χ4v) is 1.83. The van der Waals surface area contributed by atoms with Crippen LogP contribution >= 0.6 is 22.6 Å². The standard InChI is InChI=1S/C13H24IN5O2/c1-3-5-7-20-9-15-12-17-11(14)18-13(19-12)16-10-21-8-6-4-2/h3-10H2,1-2H3,(H2,15,16,17,18,19). The van der Waals surface area contributed by atoms with Crippen LogP contribution in [0.5, 0.6) is 0 Å². The first-order chi connectivity index (χ1) is 10.3. The Labute approximate surface area is 139 Å². The van der Waals surface area contributed by atoms with Crippen LogP contribution in [-0.4, -0.2) is 41.6 Å². The SMILES string of the molecule is CCCCOCNc1nc(I)nc(NCOCCCC)n1. The maximum absolute atomic E-state index is 5.42. The molecular formula is C13H24IN5O2. The highest BCUT2D eigenvalue weighted by Crippen LogP contribution is 2.07. The van der Waals surface area contributed by atoms with E-state index in [0.29, 0.717) is 29.2 Å². The number of halogens is 1. The van der Waals surface area contributed by atoms with Gasteiger partial charge in [-0.05, 0) is 12.8 Å². The topological polar surface area (TPSA) is 81.2 Å². The molecule has 120 valence electrons. The van der Waals surface area contributed by atoms with Crippen LogP contribution in [0.25, 0.3) is 0 Å². The van der Waals surface area contributed by atoms with E-state index in [1.807, 2.05) is 0 Å². The lowest BCUT2D eigenvalue weighted by Crippen LogP contribution is -2.14. The van der Waals surface area contributed by atoms with E-state index in [0.717, 1.165) is 38.9 Å². The third-order valence-electron chi connectivity index (χ3n) is 2.56.